The lowest BCUT2D eigenvalue weighted by Crippen LogP contribution is -2.47. The Kier molecular flexibility index (Phi) is 6.47. The number of carbonyl (C=O) groups excluding carboxylic acids is 1. The van der Waals surface area contributed by atoms with Crippen LogP contribution in [0.3, 0.4) is 0 Å². The monoisotopic (exact) mass is 401 g/mol. The number of hydrogen-bond donors (Lipinski definition) is 1. The Labute approximate surface area is 172 Å². The summed E-state index contributed by atoms with van der Waals surface area (Å²) in [4.78, 5) is 17.5. The van der Waals surface area contributed by atoms with Gasteiger partial charge in [0.05, 0.1) is 0 Å². The maximum absolute atomic E-state index is 12.8. The van der Waals surface area contributed by atoms with Crippen molar-refractivity contribution in [2.75, 3.05) is 38.1 Å². The summed E-state index contributed by atoms with van der Waals surface area (Å²) in [7, 11) is 2.15. The Morgan fingerprint density at radius 3 is 2.39 bits per heavy atom. The quantitative estimate of drug-likeness (QED) is 0.803. The van der Waals surface area contributed by atoms with Gasteiger partial charge in [-0.15, -0.1) is 0 Å². The van der Waals surface area contributed by atoms with Crippen LogP contribution in [0.15, 0.2) is 48.5 Å². The number of amides is 1. The second kappa shape index (κ2) is 8.84. The van der Waals surface area contributed by atoms with E-state index in [-0.39, 0.29) is 5.91 Å². The van der Waals surface area contributed by atoms with Gasteiger partial charge in [-0.1, -0.05) is 29.8 Å². The van der Waals surface area contributed by atoms with Crippen LogP contribution in [0.1, 0.15) is 19.4 Å². The van der Waals surface area contributed by atoms with Crippen LogP contribution in [-0.4, -0.2) is 49.6 Å². The summed E-state index contributed by atoms with van der Waals surface area (Å²) in [6.07, 6.45) is 0. The number of likely N-dealkylation sites (N-methyl/N-ethyl adjacent to an activating group) is 1. The summed E-state index contributed by atoms with van der Waals surface area (Å²) in [5.74, 6) is 0.456. The lowest BCUT2D eigenvalue weighted by atomic mass is 10.1. The van der Waals surface area contributed by atoms with Crippen molar-refractivity contribution in [2.45, 2.75) is 26.0 Å². The number of piperazine rings is 1. The average Bonchev–Trinajstić information content (AvgIpc) is 2.68. The van der Waals surface area contributed by atoms with Crippen LogP contribution in [0.5, 0.6) is 5.75 Å². The molecular formula is C22H28ClN3O2. The zero-order valence-electron chi connectivity index (χ0n) is 16.7. The number of para-hydroxylation sites is 1. The first-order valence-electron chi connectivity index (χ1n) is 9.59. The largest absolute Gasteiger partial charge is 0.478 e. The van der Waals surface area contributed by atoms with Crippen LogP contribution in [0, 0.1) is 0 Å². The van der Waals surface area contributed by atoms with Crippen LogP contribution < -0.4 is 15.0 Å². The van der Waals surface area contributed by atoms with Crippen molar-refractivity contribution in [3.63, 3.8) is 0 Å². The number of carbonyl (C=O) groups is 1. The maximum atomic E-state index is 12.8. The van der Waals surface area contributed by atoms with Crippen LogP contribution >= 0.6 is 11.6 Å². The third kappa shape index (κ3) is 5.18. The van der Waals surface area contributed by atoms with Gasteiger partial charge in [-0.25, -0.2) is 0 Å². The van der Waals surface area contributed by atoms with Crippen molar-refractivity contribution in [1.82, 2.24) is 10.2 Å². The summed E-state index contributed by atoms with van der Waals surface area (Å²) in [6, 6.07) is 15.3. The molecule has 2 aromatic carbocycles. The number of nitrogens with zero attached hydrogens (tertiary/aromatic N) is 2. The van der Waals surface area contributed by atoms with E-state index in [1.54, 1.807) is 38.1 Å². The highest BCUT2D eigenvalue weighted by molar-refractivity contribution is 6.30. The molecule has 0 saturated carbocycles. The van der Waals surface area contributed by atoms with Crippen molar-refractivity contribution in [1.29, 1.82) is 0 Å². The summed E-state index contributed by atoms with van der Waals surface area (Å²) >= 11 is 5.91. The number of nitrogens with one attached hydrogen (secondary N) is 1. The Balaban J connectivity index is 1.63. The van der Waals surface area contributed by atoms with E-state index in [1.807, 2.05) is 12.1 Å². The fraction of sp³-hybridized carbons (Fsp3) is 0.409. The van der Waals surface area contributed by atoms with Crippen LogP contribution in [0.2, 0.25) is 5.02 Å². The van der Waals surface area contributed by atoms with E-state index in [0.717, 1.165) is 31.7 Å². The minimum atomic E-state index is -0.989. The standard InChI is InChI=1S/C22H28ClN3O2/c1-22(2,28-19-10-8-18(23)9-11-19)21(27)24-16-17-6-4-5-7-20(17)26-14-12-25(3)13-15-26/h4-11H,12-16H2,1-3H3,(H,24,27). The first-order chi connectivity index (χ1) is 13.3. The van der Waals surface area contributed by atoms with E-state index in [1.165, 1.54) is 5.69 Å². The number of hydrogen-bond acceptors (Lipinski definition) is 4. The third-order valence-corrected chi connectivity index (χ3v) is 5.26. The number of rotatable bonds is 6. The normalized spacial score (nSPS) is 15.4. The maximum Gasteiger partial charge on any atom is 0.263 e. The molecule has 1 heterocycles. The molecule has 0 atom stereocenters. The molecule has 1 fully saturated rings. The number of halogens is 1. The molecule has 0 bridgehead atoms. The molecule has 0 aromatic heterocycles. The van der Waals surface area contributed by atoms with Crippen molar-refractivity contribution in [2.24, 2.45) is 0 Å². The molecule has 3 rings (SSSR count). The fourth-order valence-electron chi connectivity index (χ4n) is 3.25. The van der Waals surface area contributed by atoms with Gasteiger partial charge in [0.1, 0.15) is 5.75 Å². The molecule has 0 aliphatic carbocycles. The molecule has 1 amide bonds. The van der Waals surface area contributed by atoms with Crippen LogP contribution in [-0.2, 0) is 11.3 Å². The summed E-state index contributed by atoms with van der Waals surface area (Å²) < 4.78 is 5.88. The second-order valence-corrected chi connectivity index (χ2v) is 8.10. The highest BCUT2D eigenvalue weighted by Gasteiger charge is 2.30. The molecule has 6 heteroatoms. The summed E-state index contributed by atoms with van der Waals surface area (Å²) in [6.45, 7) is 8.08. The van der Waals surface area contributed by atoms with Crippen molar-refractivity contribution in [3.8, 4) is 5.75 Å². The van der Waals surface area contributed by atoms with Gasteiger partial charge in [-0.05, 0) is 56.8 Å². The molecular weight excluding hydrogens is 374 g/mol. The summed E-state index contributed by atoms with van der Waals surface area (Å²) in [5.41, 5.74) is 1.31. The SMILES string of the molecule is CN1CCN(c2ccccc2CNC(=O)C(C)(C)Oc2ccc(Cl)cc2)CC1. The molecule has 28 heavy (non-hydrogen) atoms. The molecule has 1 aliphatic rings. The van der Waals surface area contributed by atoms with Gasteiger partial charge in [0.2, 0.25) is 0 Å². The molecule has 1 N–H and O–H groups in total. The van der Waals surface area contributed by atoms with Crippen LogP contribution in [0.4, 0.5) is 5.69 Å². The van der Waals surface area contributed by atoms with Crippen LogP contribution in [0.25, 0.3) is 0 Å². The Bertz CT molecular complexity index is 800. The molecule has 150 valence electrons. The third-order valence-electron chi connectivity index (χ3n) is 5.01. The molecule has 5 nitrogen and oxygen atoms in total. The lowest BCUT2D eigenvalue weighted by molar-refractivity contribution is -0.134. The second-order valence-electron chi connectivity index (χ2n) is 7.67. The molecule has 0 spiro atoms. The van der Waals surface area contributed by atoms with E-state index < -0.39 is 5.60 Å². The topological polar surface area (TPSA) is 44.8 Å². The Hall–Kier alpha value is -2.24. The van der Waals surface area contributed by atoms with Crippen molar-refractivity contribution >= 4 is 23.2 Å². The van der Waals surface area contributed by atoms with Gasteiger partial charge in [0, 0.05) is 43.4 Å². The van der Waals surface area contributed by atoms with E-state index >= 15 is 0 Å². The van der Waals surface area contributed by atoms with E-state index in [9.17, 15) is 4.79 Å². The Morgan fingerprint density at radius 1 is 1.07 bits per heavy atom. The first-order valence-corrected chi connectivity index (χ1v) is 9.97. The van der Waals surface area contributed by atoms with Gasteiger partial charge in [0.25, 0.3) is 5.91 Å². The van der Waals surface area contributed by atoms with Crippen molar-refractivity contribution < 1.29 is 9.53 Å². The highest BCUT2D eigenvalue weighted by atomic mass is 35.5. The predicted molar refractivity (Wildman–Crippen MR) is 114 cm³/mol. The number of anilines is 1. The Morgan fingerprint density at radius 2 is 1.71 bits per heavy atom. The average molecular weight is 402 g/mol. The summed E-state index contributed by atoms with van der Waals surface area (Å²) in [5, 5.41) is 3.67. The van der Waals surface area contributed by atoms with Gasteiger partial charge in [0.15, 0.2) is 5.60 Å². The molecule has 1 saturated heterocycles. The molecule has 2 aromatic rings. The smallest absolute Gasteiger partial charge is 0.263 e. The zero-order chi connectivity index (χ0) is 20.1. The van der Waals surface area contributed by atoms with Gasteiger partial charge in [-0.3, -0.25) is 4.79 Å². The van der Waals surface area contributed by atoms with E-state index in [4.69, 9.17) is 16.3 Å². The minimum absolute atomic E-state index is 0.157. The van der Waals surface area contributed by atoms with Gasteiger partial charge >= 0.3 is 0 Å². The van der Waals surface area contributed by atoms with E-state index in [2.05, 4.69) is 34.3 Å². The zero-order valence-corrected chi connectivity index (χ0v) is 17.5. The van der Waals surface area contributed by atoms with Gasteiger partial charge < -0.3 is 19.9 Å². The predicted octanol–water partition coefficient (Wildman–Crippen LogP) is 3.57. The number of benzene rings is 2. The minimum Gasteiger partial charge on any atom is -0.478 e. The molecule has 1 aliphatic heterocycles. The number of ether oxygens (including phenoxy) is 1. The van der Waals surface area contributed by atoms with Gasteiger partial charge in [-0.2, -0.15) is 0 Å². The molecule has 0 radical (unpaired) electrons. The molecule has 0 unspecified atom stereocenters. The highest BCUT2D eigenvalue weighted by Crippen LogP contribution is 2.23. The van der Waals surface area contributed by atoms with Crippen molar-refractivity contribution in [3.05, 3.63) is 59.1 Å². The lowest BCUT2D eigenvalue weighted by Gasteiger charge is -2.35. The van der Waals surface area contributed by atoms with E-state index in [0.29, 0.717) is 17.3 Å². The fourth-order valence-corrected chi connectivity index (χ4v) is 3.37. The first kappa shape index (κ1) is 20.5.